The number of anilines is 2. The molecule has 16 heavy (non-hydrogen) atoms. The van der Waals surface area contributed by atoms with E-state index in [1.54, 1.807) is 0 Å². The highest BCUT2D eigenvalue weighted by Crippen LogP contribution is 2.29. The van der Waals surface area contributed by atoms with Crippen molar-refractivity contribution in [2.45, 2.75) is 25.3 Å². The zero-order chi connectivity index (χ0) is 11.5. The van der Waals surface area contributed by atoms with Crippen molar-refractivity contribution < 1.29 is 0 Å². The highest BCUT2D eigenvalue weighted by molar-refractivity contribution is 5.61. The molecule has 1 aliphatic rings. The highest BCUT2D eigenvalue weighted by atomic mass is 16.1. The molecule has 0 saturated heterocycles. The second kappa shape index (κ2) is 4.52. The van der Waals surface area contributed by atoms with Crippen LogP contribution in [0.5, 0.6) is 0 Å². The number of aromatic nitrogens is 2. The van der Waals surface area contributed by atoms with Gasteiger partial charge in [-0.2, -0.15) is 0 Å². The molecule has 6 heteroatoms. The van der Waals surface area contributed by atoms with Crippen molar-refractivity contribution in [1.29, 1.82) is 0 Å². The maximum atomic E-state index is 11.4. The van der Waals surface area contributed by atoms with E-state index in [1.165, 1.54) is 12.7 Å². The second-order valence-electron chi connectivity index (χ2n) is 4.04. The molecule has 88 valence electrons. The minimum Gasteiger partial charge on any atom is -0.391 e. The fourth-order valence-corrected chi connectivity index (χ4v) is 1.93. The number of hydrogen-bond acceptors (Lipinski definition) is 5. The van der Waals surface area contributed by atoms with Crippen molar-refractivity contribution in [2.24, 2.45) is 5.73 Å². The number of hydrogen-bond donors (Lipinski definition) is 3. The van der Waals surface area contributed by atoms with Gasteiger partial charge in [0.05, 0.1) is 6.33 Å². The molecule has 0 aliphatic heterocycles. The van der Waals surface area contributed by atoms with Gasteiger partial charge >= 0.3 is 0 Å². The summed E-state index contributed by atoms with van der Waals surface area (Å²) in [6.07, 6.45) is 4.84. The number of nitrogens with two attached hydrogens (primary N) is 2. The van der Waals surface area contributed by atoms with E-state index in [2.05, 4.69) is 9.97 Å². The van der Waals surface area contributed by atoms with E-state index in [4.69, 9.17) is 11.5 Å². The van der Waals surface area contributed by atoms with Gasteiger partial charge in [-0.3, -0.25) is 4.79 Å². The molecular formula is C10H17N5O. The van der Waals surface area contributed by atoms with Gasteiger partial charge in [-0.1, -0.05) is 0 Å². The van der Waals surface area contributed by atoms with Crippen molar-refractivity contribution in [1.82, 2.24) is 9.97 Å². The Labute approximate surface area is 93.7 Å². The number of nitrogen functional groups attached to an aromatic ring is 1. The molecule has 0 aromatic carbocycles. The molecule has 1 aliphatic carbocycles. The summed E-state index contributed by atoms with van der Waals surface area (Å²) in [5.74, 6) is 0.568. The normalized spacial score (nSPS) is 15.8. The lowest BCUT2D eigenvalue weighted by atomic mass is 9.91. The third kappa shape index (κ3) is 1.88. The number of nitrogens with one attached hydrogen (secondary N) is 1. The number of nitrogens with zero attached hydrogens (tertiary/aromatic N) is 2. The van der Waals surface area contributed by atoms with E-state index in [0.29, 0.717) is 24.9 Å². The first-order valence-electron chi connectivity index (χ1n) is 5.54. The van der Waals surface area contributed by atoms with E-state index < -0.39 is 0 Å². The second-order valence-corrected chi connectivity index (χ2v) is 4.04. The summed E-state index contributed by atoms with van der Waals surface area (Å²) < 4.78 is 0. The van der Waals surface area contributed by atoms with Crippen LogP contribution in [-0.4, -0.2) is 29.1 Å². The molecule has 5 N–H and O–H groups in total. The van der Waals surface area contributed by atoms with Crippen molar-refractivity contribution in [3.63, 3.8) is 0 Å². The standard InChI is InChI=1S/C10H17N5O/c11-4-5-15(7-2-1-3-7)9-8(12)10(16)14-6-13-9/h6-7H,1-5,11-12H2,(H,13,14,16). The molecule has 0 unspecified atom stereocenters. The summed E-state index contributed by atoms with van der Waals surface area (Å²) in [5.41, 5.74) is 11.2. The molecule has 1 aromatic rings. The number of H-pyrrole nitrogens is 1. The number of aromatic amines is 1. The van der Waals surface area contributed by atoms with E-state index in [0.717, 1.165) is 12.8 Å². The maximum absolute atomic E-state index is 11.4. The Morgan fingerprint density at radius 1 is 1.56 bits per heavy atom. The zero-order valence-electron chi connectivity index (χ0n) is 9.15. The predicted molar refractivity (Wildman–Crippen MR) is 63.3 cm³/mol. The van der Waals surface area contributed by atoms with Crippen molar-refractivity contribution in [3.05, 3.63) is 16.7 Å². The van der Waals surface area contributed by atoms with Gasteiger partial charge in [-0.25, -0.2) is 4.98 Å². The number of rotatable bonds is 4. The molecule has 1 heterocycles. The van der Waals surface area contributed by atoms with E-state index in [9.17, 15) is 4.79 Å². The monoisotopic (exact) mass is 223 g/mol. The van der Waals surface area contributed by atoms with Crippen LogP contribution in [0.15, 0.2) is 11.1 Å². The van der Waals surface area contributed by atoms with E-state index in [1.807, 2.05) is 4.90 Å². The van der Waals surface area contributed by atoms with Gasteiger partial charge in [0.2, 0.25) is 0 Å². The molecule has 1 saturated carbocycles. The molecule has 0 atom stereocenters. The molecule has 6 nitrogen and oxygen atoms in total. The Kier molecular flexibility index (Phi) is 3.09. The van der Waals surface area contributed by atoms with Crippen LogP contribution in [0.4, 0.5) is 11.5 Å². The van der Waals surface area contributed by atoms with Crippen LogP contribution in [0.25, 0.3) is 0 Å². The molecule has 0 bridgehead atoms. The lowest BCUT2D eigenvalue weighted by molar-refractivity contribution is 0.386. The van der Waals surface area contributed by atoms with Crippen molar-refractivity contribution in [2.75, 3.05) is 23.7 Å². The highest BCUT2D eigenvalue weighted by Gasteiger charge is 2.27. The van der Waals surface area contributed by atoms with Crippen LogP contribution < -0.4 is 21.9 Å². The van der Waals surface area contributed by atoms with Crippen LogP contribution in [-0.2, 0) is 0 Å². The fraction of sp³-hybridized carbons (Fsp3) is 0.600. The summed E-state index contributed by atoms with van der Waals surface area (Å²) in [4.78, 5) is 20.1. The van der Waals surface area contributed by atoms with E-state index >= 15 is 0 Å². The van der Waals surface area contributed by atoms with Crippen LogP contribution in [0, 0.1) is 0 Å². The third-order valence-electron chi connectivity index (χ3n) is 3.03. The van der Waals surface area contributed by atoms with Crippen LogP contribution >= 0.6 is 0 Å². The minimum atomic E-state index is -0.286. The lowest BCUT2D eigenvalue weighted by Crippen LogP contribution is -2.44. The first kappa shape index (κ1) is 10.9. The molecule has 0 radical (unpaired) electrons. The van der Waals surface area contributed by atoms with Crippen LogP contribution in [0.3, 0.4) is 0 Å². The molecule has 1 fully saturated rings. The Balaban J connectivity index is 2.30. The average molecular weight is 223 g/mol. The van der Waals surface area contributed by atoms with Gasteiger partial charge in [0.15, 0.2) is 5.82 Å². The van der Waals surface area contributed by atoms with Crippen LogP contribution in [0.2, 0.25) is 0 Å². The smallest absolute Gasteiger partial charge is 0.276 e. The summed E-state index contributed by atoms with van der Waals surface area (Å²) in [5, 5.41) is 0. The molecule has 0 amide bonds. The van der Waals surface area contributed by atoms with Gasteiger partial charge in [0.1, 0.15) is 5.69 Å². The van der Waals surface area contributed by atoms with E-state index in [-0.39, 0.29) is 11.2 Å². The zero-order valence-corrected chi connectivity index (χ0v) is 9.15. The molecule has 1 aromatic heterocycles. The quantitative estimate of drug-likeness (QED) is 0.649. The van der Waals surface area contributed by atoms with Gasteiger partial charge in [-0.15, -0.1) is 0 Å². The summed E-state index contributed by atoms with van der Waals surface area (Å²) >= 11 is 0. The van der Waals surface area contributed by atoms with Gasteiger partial charge in [0.25, 0.3) is 5.56 Å². The Hall–Kier alpha value is -1.56. The summed E-state index contributed by atoms with van der Waals surface area (Å²) in [6.45, 7) is 1.22. The van der Waals surface area contributed by atoms with Crippen molar-refractivity contribution in [3.8, 4) is 0 Å². The molecule has 0 spiro atoms. The summed E-state index contributed by atoms with van der Waals surface area (Å²) in [6, 6.07) is 0.431. The molecule has 2 rings (SSSR count). The SMILES string of the molecule is NCCN(c1nc[nH]c(=O)c1N)C1CCC1. The average Bonchev–Trinajstić information content (AvgIpc) is 2.19. The Bertz CT molecular complexity index is 412. The largest absolute Gasteiger partial charge is 0.391 e. The predicted octanol–water partition coefficient (Wildman–Crippen LogP) is -0.330. The van der Waals surface area contributed by atoms with Crippen LogP contribution in [0.1, 0.15) is 19.3 Å². The minimum absolute atomic E-state index is 0.183. The fourth-order valence-electron chi connectivity index (χ4n) is 1.93. The maximum Gasteiger partial charge on any atom is 0.276 e. The first-order valence-corrected chi connectivity index (χ1v) is 5.54. The van der Waals surface area contributed by atoms with Gasteiger partial charge in [0, 0.05) is 19.1 Å². The van der Waals surface area contributed by atoms with Gasteiger partial charge in [-0.05, 0) is 19.3 Å². The lowest BCUT2D eigenvalue weighted by Gasteiger charge is -2.38. The third-order valence-corrected chi connectivity index (χ3v) is 3.03. The Morgan fingerprint density at radius 2 is 2.31 bits per heavy atom. The van der Waals surface area contributed by atoms with Crippen molar-refractivity contribution >= 4 is 11.5 Å². The first-order chi connectivity index (χ1) is 7.74. The summed E-state index contributed by atoms with van der Waals surface area (Å²) in [7, 11) is 0. The molecular weight excluding hydrogens is 206 g/mol. The topological polar surface area (TPSA) is 101 Å². The van der Waals surface area contributed by atoms with Gasteiger partial charge < -0.3 is 21.4 Å². The Morgan fingerprint density at radius 3 is 2.88 bits per heavy atom.